The minimum atomic E-state index is -0.253. The van der Waals surface area contributed by atoms with Crippen molar-refractivity contribution in [3.05, 3.63) is 131 Å². The van der Waals surface area contributed by atoms with Crippen LogP contribution in [0.1, 0.15) is 116 Å². The molecule has 0 amide bonds. The van der Waals surface area contributed by atoms with Crippen LogP contribution in [0.2, 0.25) is 0 Å². The molecule has 5 nitrogen and oxygen atoms in total. The molecule has 3 aromatic carbocycles. The average Bonchev–Trinajstić information content (AvgIpc) is 3.85. The molecule has 7 rings (SSSR count). The Hall–Kier alpha value is -4.90. The first kappa shape index (κ1) is 34.5. The number of fused-ring (bicyclic) bond motifs is 3. The summed E-state index contributed by atoms with van der Waals surface area (Å²) < 4.78 is 4.63. The number of hydrogen-bond acceptors (Lipinski definition) is 2. The number of nitrogens with zero attached hydrogens (tertiary/aromatic N) is 4. The molecular weight excluding hydrogens is 623 g/mol. The first-order valence-electron chi connectivity index (χ1n) is 18.5. The second-order valence-corrected chi connectivity index (χ2v) is 17.0. The maximum absolute atomic E-state index is 4.92. The molecule has 4 aromatic heterocycles. The number of imidazole rings is 1. The van der Waals surface area contributed by atoms with Crippen molar-refractivity contribution in [2.45, 2.75) is 104 Å². The van der Waals surface area contributed by atoms with Crippen LogP contribution in [0.5, 0.6) is 0 Å². The zero-order chi connectivity index (χ0) is 36.5. The molecule has 1 N–H and O–H groups in total. The molecule has 0 spiro atoms. The summed E-state index contributed by atoms with van der Waals surface area (Å²) in [5, 5.41) is 2.48. The highest BCUT2D eigenvalue weighted by Gasteiger charge is 2.41. The number of hydrogen-bond donors (Lipinski definition) is 1. The number of aromatic nitrogens is 5. The monoisotopic (exact) mass is 675 g/mol. The van der Waals surface area contributed by atoms with Gasteiger partial charge in [0.05, 0.1) is 22.4 Å². The maximum atomic E-state index is 4.92. The Balaban J connectivity index is 1.32. The molecule has 0 bridgehead atoms. The van der Waals surface area contributed by atoms with Gasteiger partial charge in [0.15, 0.2) is 5.82 Å². The predicted molar refractivity (Wildman–Crippen MR) is 215 cm³/mol. The molecule has 5 heteroatoms. The highest BCUT2D eigenvalue weighted by atomic mass is 15.1. The van der Waals surface area contributed by atoms with E-state index < -0.39 is 0 Å². The van der Waals surface area contributed by atoms with E-state index in [0.29, 0.717) is 11.8 Å². The minimum Gasteiger partial charge on any atom is -0.355 e. The number of rotatable bonds is 8. The molecule has 0 unspecified atom stereocenters. The first-order valence-corrected chi connectivity index (χ1v) is 18.5. The second kappa shape index (κ2) is 12.4. The van der Waals surface area contributed by atoms with Gasteiger partial charge in [-0.15, -0.1) is 0 Å². The van der Waals surface area contributed by atoms with Gasteiger partial charge in [-0.1, -0.05) is 125 Å². The number of benzene rings is 3. The number of aromatic amines is 1. The van der Waals surface area contributed by atoms with Gasteiger partial charge in [-0.2, -0.15) is 0 Å². The Morgan fingerprint density at radius 3 is 1.98 bits per heavy atom. The second-order valence-electron chi connectivity index (χ2n) is 17.0. The van der Waals surface area contributed by atoms with Crippen molar-refractivity contribution in [2.24, 2.45) is 0 Å². The molecule has 7 aromatic rings. The lowest BCUT2D eigenvalue weighted by Gasteiger charge is -2.42. The summed E-state index contributed by atoms with van der Waals surface area (Å²) in [6.45, 7) is 25.3. The normalized spacial score (nSPS) is 13.0. The molecule has 0 aliphatic heterocycles. The molecule has 4 heterocycles. The Morgan fingerprint density at radius 2 is 1.29 bits per heavy atom. The molecule has 0 atom stereocenters. The van der Waals surface area contributed by atoms with Crippen LogP contribution < -0.4 is 0 Å². The maximum Gasteiger partial charge on any atom is 0.161 e. The predicted octanol–water partition coefficient (Wildman–Crippen LogP) is 12.2. The summed E-state index contributed by atoms with van der Waals surface area (Å²) in [7, 11) is 0. The highest BCUT2D eigenvalue weighted by molar-refractivity contribution is 6.09. The lowest BCUT2D eigenvalue weighted by molar-refractivity contribution is 0.297. The van der Waals surface area contributed by atoms with Crippen molar-refractivity contribution >= 4 is 21.8 Å². The first-order chi connectivity index (χ1) is 24.1. The van der Waals surface area contributed by atoms with Crippen LogP contribution in [0.4, 0.5) is 0 Å². The molecule has 0 saturated carbocycles. The highest BCUT2D eigenvalue weighted by Crippen LogP contribution is 2.46. The Bertz CT molecular complexity index is 2340. The van der Waals surface area contributed by atoms with E-state index in [4.69, 9.17) is 9.97 Å². The van der Waals surface area contributed by atoms with Crippen LogP contribution in [0.25, 0.3) is 44.8 Å². The Kier molecular flexibility index (Phi) is 8.40. The van der Waals surface area contributed by atoms with Gasteiger partial charge in [0.2, 0.25) is 0 Å². The Morgan fingerprint density at radius 1 is 0.608 bits per heavy atom. The molecule has 0 radical (unpaired) electrons. The summed E-state index contributed by atoms with van der Waals surface area (Å²) >= 11 is 0. The van der Waals surface area contributed by atoms with Crippen molar-refractivity contribution in [1.29, 1.82) is 0 Å². The number of pyridine rings is 1. The van der Waals surface area contributed by atoms with Gasteiger partial charge < -0.3 is 4.98 Å². The van der Waals surface area contributed by atoms with Crippen molar-refractivity contribution in [1.82, 2.24) is 24.1 Å². The zero-order valence-electron chi connectivity index (χ0n) is 32.3. The smallest absolute Gasteiger partial charge is 0.161 e. The summed E-state index contributed by atoms with van der Waals surface area (Å²) in [4.78, 5) is 13.7. The van der Waals surface area contributed by atoms with Gasteiger partial charge in [0.1, 0.15) is 5.82 Å². The topological polar surface area (TPSA) is 51.4 Å². The van der Waals surface area contributed by atoms with Gasteiger partial charge in [0.25, 0.3) is 0 Å². The van der Waals surface area contributed by atoms with E-state index in [2.05, 4.69) is 181 Å². The molecule has 51 heavy (non-hydrogen) atoms. The molecule has 0 fully saturated rings. The van der Waals surface area contributed by atoms with Crippen LogP contribution in [0, 0.1) is 0 Å². The summed E-state index contributed by atoms with van der Waals surface area (Å²) in [6, 6.07) is 31.3. The van der Waals surface area contributed by atoms with Gasteiger partial charge in [-0.05, 0) is 75.9 Å². The largest absolute Gasteiger partial charge is 0.355 e. The quantitative estimate of drug-likeness (QED) is 0.174. The molecule has 262 valence electrons. The van der Waals surface area contributed by atoms with E-state index in [1.54, 1.807) is 0 Å². The van der Waals surface area contributed by atoms with Crippen LogP contribution in [0.3, 0.4) is 0 Å². The fourth-order valence-electron chi connectivity index (χ4n) is 7.67. The molecule has 0 aliphatic carbocycles. The van der Waals surface area contributed by atoms with Crippen molar-refractivity contribution in [3.63, 3.8) is 0 Å². The van der Waals surface area contributed by atoms with Crippen LogP contribution >= 0.6 is 0 Å². The van der Waals surface area contributed by atoms with E-state index in [1.165, 1.54) is 55.4 Å². The number of nitrogens with one attached hydrogen (secondary N) is 1. The van der Waals surface area contributed by atoms with Crippen molar-refractivity contribution in [3.8, 4) is 23.0 Å². The summed E-state index contributed by atoms with van der Waals surface area (Å²) in [5.74, 6) is 2.66. The average molecular weight is 676 g/mol. The van der Waals surface area contributed by atoms with Crippen molar-refractivity contribution in [2.75, 3.05) is 0 Å². The van der Waals surface area contributed by atoms with E-state index in [1.807, 2.05) is 12.4 Å². The molecule has 0 aliphatic rings. The van der Waals surface area contributed by atoms with Gasteiger partial charge >= 0.3 is 0 Å². The third-order valence-corrected chi connectivity index (χ3v) is 11.6. The van der Waals surface area contributed by atoms with Gasteiger partial charge in [-0.3, -0.25) is 9.13 Å². The van der Waals surface area contributed by atoms with Gasteiger partial charge in [0, 0.05) is 45.9 Å². The summed E-state index contributed by atoms with van der Waals surface area (Å²) in [6.07, 6.45) is 5.98. The van der Waals surface area contributed by atoms with Crippen LogP contribution in [-0.4, -0.2) is 24.1 Å². The lowest BCUT2D eigenvalue weighted by atomic mass is 9.62. The molecular formula is C46H53N5. The third kappa shape index (κ3) is 5.71. The SMILES string of the molecule is CC(C)c1cccc(C(C)C)c1-n1ccnc1-c1ccc(C(C)(C)C(C)(C)c2ccc3c4ccccc4n(-c4cc(C(C)(C)C)ccn4)c3c2)[nH]1. The Labute approximate surface area is 303 Å². The van der Waals surface area contributed by atoms with E-state index in [0.717, 1.165) is 17.3 Å². The van der Waals surface area contributed by atoms with E-state index >= 15 is 0 Å². The lowest BCUT2D eigenvalue weighted by Crippen LogP contribution is -2.40. The zero-order valence-corrected chi connectivity index (χ0v) is 32.3. The van der Waals surface area contributed by atoms with Crippen LogP contribution in [0.15, 0.2) is 104 Å². The summed E-state index contributed by atoms with van der Waals surface area (Å²) in [5.41, 5.74) is 10.5. The van der Waals surface area contributed by atoms with Crippen molar-refractivity contribution < 1.29 is 0 Å². The van der Waals surface area contributed by atoms with E-state index in [-0.39, 0.29) is 16.2 Å². The minimum absolute atomic E-state index is 0.0220. The van der Waals surface area contributed by atoms with Gasteiger partial charge in [-0.25, -0.2) is 9.97 Å². The number of para-hydroxylation sites is 2. The molecule has 0 saturated heterocycles. The fourth-order valence-corrected chi connectivity index (χ4v) is 7.67. The number of H-pyrrole nitrogens is 1. The third-order valence-electron chi connectivity index (χ3n) is 11.6. The van der Waals surface area contributed by atoms with Crippen LogP contribution in [-0.2, 0) is 16.2 Å². The van der Waals surface area contributed by atoms with E-state index in [9.17, 15) is 0 Å². The standard InChI is InChI=1S/C46H53N5/c1-29(2)33-16-14-17-34(30(3)4)42(33)50-26-25-48-43(50)37-21-22-40(49-37)46(10,11)45(8,9)32-19-20-36-35-15-12-13-18-38(35)51(39(36)27-32)41-28-31(23-24-47-41)44(5,6)7/h12-30,49H,1-11H3. The fraction of sp³-hybridized carbons (Fsp3) is 0.348.